The number of nitrogens with one attached hydrogen (secondary N) is 2. The Labute approximate surface area is 212 Å². The predicted octanol–water partition coefficient (Wildman–Crippen LogP) is 5.06. The number of carbonyl (C=O) groups excluding carboxylic acids is 2. The molecule has 0 aliphatic heterocycles. The van der Waals surface area contributed by atoms with E-state index in [9.17, 15) is 14.7 Å². The summed E-state index contributed by atoms with van der Waals surface area (Å²) in [6.07, 6.45) is 1.20. The maximum Gasteiger partial charge on any atom is 0.407 e. The minimum atomic E-state index is -0.898. The summed E-state index contributed by atoms with van der Waals surface area (Å²) in [6.45, 7) is 15.1. The standard InChI is InChI=1S/C28H48N2O5/c1-8-9-15-29-26(32)21(4)16-25(31)24(30-27(33)35-28(5,6)7)17-23(20(2)3)19-34-18-22-13-11-10-12-14-22/h10-14,20-21,23-25,31H,8-9,15-19H2,1-7H3,(H,29,32)(H,30,33)/t21?,23-,24+,25+/m1/s1. The highest BCUT2D eigenvalue weighted by Crippen LogP contribution is 2.23. The van der Waals surface area contributed by atoms with Crippen molar-refractivity contribution >= 4 is 12.0 Å². The Balaban J connectivity index is 2.84. The second kappa shape index (κ2) is 15.8. The van der Waals surface area contributed by atoms with Crippen LogP contribution in [-0.2, 0) is 20.9 Å². The molecule has 0 fully saturated rings. The van der Waals surface area contributed by atoms with Crippen molar-refractivity contribution in [2.75, 3.05) is 13.2 Å². The topological polar surface area (TPSA) is 96.9 Å². The summed E-state index contributed by atoms with van der Waals surface area (Å²) >= 11 is 0. The van der Waals surface area contributed by atoms with Gasteiger partial charge in [-0.15, -0.1) is 0 Å². The van der Waals surface area contributed by atoms with E-state index in [-0.39, 0.29) is 30.1 Å². The number of aliphatic hydroxyl groups is 1. The lowest BCUT2D eigenvalue weighted by Gasteiger charge is -2.32. The van der Waals surface area contributed by atoms with Gasteiger partial charge in [0.25, 0.3) is 0 Å². The molecule has 0 aromatic heterocycles. The van der Waals surface area contributed by atoms with E-state index >= 15 is 0 Å². The second-order valence-electron chi connectivity index (χ2n) is 10.8. The fraction of sp³-hybridized carbons (Fsp3) is 0.714. The molecule has 35 heavy (non-hydrogen) atoms. The van der Waals surface area contributed by atoms with Crippen LogP contribution in [0.5, 0.6) is 0 Å². The summed E-state index contributed by atoms with van der Waals surface area (Å²) in [7, 11) is 0. The van der Waals surface area contributed by atoms with Crippen molar-refractivity contribution in [3.63, 3.8) is 0 Å². The van der Waals surface area contributed by atoms with Crippen molar-refractivity contribution < 1.29 is 24.2 Å². The van der Waals surface area contributed by atoms with Gasteiger partial charge in [0.05, 0.1) is 25.4 Å². The molecule has 0 bridgehead atoms. The number of hydrogen-bond acceptors (Lipinski definition) is 5. The molecular formula is C28H48N2O5. The third kappa shape index (κ3) is 13.5. The summed E-state index contributed by atoms with van der Waals surface area (Å²) in [5, 5.41) is 16.9. The molecule has 4 atom stereocenters. The lowest BCUT2D eigenvalue weighted by molar-refractivity contribution is -0.125. The molecule has 1 rings (SSSR count). The lowest BCUT2D eigenvalue weighted by Crippen LogP contribution is -2.48. The first kappa shape index (κ1) is 30.9. The SMILES string of the molecule is CCCCNC(=O)C(C)C[C@H](O)[C@H](C[C@H](COCc1ccccc1)C(C)C)NC(=O)OC(C)(C)C. The van der Waals surface area contributed by atoms with Gasteiger partial charge in [-0.1, -0.05) is 64.4 Å². The number of carbonyl (C=O) groups is 2. The van der Waals surface area contributed by atoms with Gasteiger partial charge in [-0.3, -0.25) is 4.79 Å². The van der Waals surface area contributed by atoms with Gasteiger partial charge in [0.2, 0.25) is 5.91 Å². The molecule has 7 heteroatoms. The van der Waals surface area contributed by atoms with Crippen molar-refractivity contribution in [3.05, 3.63) is 35.9 Å². The van der Waals surface area contributed by atoms with Crippen LogP contribution in [0.15, 0.2) is 30.3 Å². The smallest absolute Gasteiger partial charge is 0.407 e. The Morgan fingerprint density at radius 3 is 2.29 bits per heavy atom. The third-order valence-corrected chi connectivity index (χ3v) is 5.98. The maximum atomic E-state index is 12.6. The summed E-state index contributed by atoms with van der Waals surface area (Å²) in [5.74, 6) is -0.0885. The fourth-order valence-electron chi connectivity index (χ4n) is 3.73. The molecular weight excluding hydrogens is 444 g/mol. The van der Waals surface area contributed by atoms with Crippen molar-refractivity contribution in [1.82, 2.24) is 10.6 Å². The minimum absolute atomic E-state index is 0.0832. The molecule has 0 spiro atoms. The molecule has 1 aromatic rings. The average molecular weight is 493 g/mol. The van der Waals surface area contributed by atoms with Crippen molar-refractivity contribution in [1.29, 1.82) is 0 Å². The molecule has 0 aliphatic rings. The number of unbranched alkanes of at least 4 members (excludes halogenated alkanes) is 1. The summed E-state index contributed by atoms with van der Waals surface area (Å²) in [4.78, 5) is 25.0. The van der Waals surface area contributed by atoms with Crippen molar-refractivity contribution in [2.24, 2.45) is 17.8 Å². The second-order valence-corrected chi connectivity index (χ2v) is 10.8. The zero-order valence-corrected chi connectivity index (χ0v) is 22.8. The first-order valence-electron chi connectivity index (χ1n) is 13.0. The van der Waals surface area contributed by atoms with Gasteiger partial charge >= 0.3 is 6.09 Å². The number of ether oxygens (including phenoxy) is 2. The van der Waals surface area contributed by atoms with Crippen LogP contribution in [0.4, 0.5) is 4.79 Å². The molecule has 0 radical (unpaired) electrons. The van der Waals surface area contributed by atoms with Gasteiger partial charge in [-0.2, -0.15) is 0 Å². The van der Waals surface area contributed by atoms with E-state index in [0.717, 1.165) is 18.4 Å². The molecule has 0 saturated carbocycles. The van der Waals surface area contributed by atoms with E-state index in [0.29, 0.717) is 26.2 Å². The zero-order chi connectivity index (χ0) is 26.4. The van der Waals surface area contributed by atoms with E-state index < -0.39 is 23.8 Å². The molecule has 0 aliphatic carbocycles. The van der Waals surface area contributed by atoms with Crippen LogP contribution in [0.2, 0.25) is 0 Å². The van der Waals surface area contributed by atoms with E-state index in [1.165, 1.54) is 0 Å². The molecule has 0 heterocycles. The van der Waals surface area contributed by atoms with E-state index in [4.69, 9.17) is 9.47 Å². The highest BCUT2D eigenvalue weighted by Gasteiger charge is 2.30. The van der Waals surface area contributed by atoms with Gasteiger partial charge in [0.1, 0.15) is 5.60 Å². The van der Waals surface area contributed by atoms with Gasteiger partial charge in [0, 0.05) is 12.5 Å². The number of rotatable bonds is 15. The summed E-state index contributed by atoms with van der Waals surface area (Å²) in [5.41, 5.74) is 0.448. The van der Waals surface area contributed by atoms with Crippen molar-refractivity contribution in [3.8, 4) is 0 Å². The number of amides is 2. The van der Waals surface area contributed by atoms with E-state index in [2.05, 4.69) is 31.4 Å². The zero-order valence-electron chi connectivity index (χ0n) is 22.8. The fourth-order valence-corrected chi connectivity index (χ4v) is 3.73. The van der Waals surface area contributed by atoms with Crippen LogP contribution in [-0.4, -0.2) is 48.0 Å². The van der Waals surface area contributed by atoms with E-state index in [1.54, 1.807) is 27.7 Å². The van der Waals surface area contributed by atoms with Gasteiger partial charge in [-0.05, 0) is 57.4 Å². The lowest BCUT2D eigenvalue weighted by atomic mass is 9.86. The third-order valence-electron chi connectivity index (χ3n) is 5.98. The number of benzene rings is 1. The largest absolute Gasteiger partial charge is 0.444 e. The first-order chi connectivity index (χ1) is 16.4. The average Bonchev–Trinajstić information content (AvgIpc) is 2.77. The Bertz CT molecular complexity index is 733. The van der Waals surface area contributed by atoms with Crippen LogP contribution in [0, 0.1) is 17.8 Å². The van der Waals surface area contributed by atoms with Crippen LogP contribution < -0.4 is 10.6 Å². The highest BCUT2D eigenvalue weighted by molar-refractivity contribution is 5.78. The van der Waals surface area contributed by atoms with Gasteiger partial charge in [0.15, 0.2) is 0 Å². The van der Waals surface area contributed by atoms with Crippen LogP contribution >= 0.6 is 0 Å². The van der Waals surface area contributed by atoms with Crippen molar-refractivity contribution in [2.45, 2.75) is 98.5 Å². The molecule has 0 saturated heterocycles. The Kier molecular flexibility index (Phi) is 13.9. The molecule has 200 valence electrons. The Hall–Kier alpha value is -2.12. The Morgan fingerprint density at radius 2 is 1.71 bits per heavy atom. The molecule has 7 nitrogen and oxygen atoms in total. The first-order valence-corrected chi connectivity index (χ1v) is 13.0. The number of aliphatic hydroxyl groups excluding tert-OH is 1. The van der Waals surface area contributed by atoms with Crippen LogP contribution in [0.3, 0.4) is 0 Å². The molecule has 3 N–H and O–H groups in total. The summed E-state index contributed by atoms with van der Waals surface area (Å²) in [6, 6.07) is 9.41. The van der Waals surface area contributed by atoms with Crippen LogP contribution in [0.25, 0.3) is 0 Å². The van der Waals surface area contributed by atoms with Crippen LogP contribution in [0.1, 0.15) is 79.7 Å². The van der Waals surface area contributed by atoms with Gasteiger partial charge < -0.3 is 25.2 Å². The molecule has 2 amide bonds. The summed E-state index contributed by atoms with van der Waals surface area (Å²) < 4.78 is 11.4. The number of alkyl carbamates (subject to hydrolysis) is 1. The highest BCUT2D eigenvalue weighted by atomic mass is 16.6. The monoisotopic (exact) mass is 492 g/mol. The number of hydrogen-bond donors (Lipinski definition) is 3. The minimum Gasteiger partial charge on any atom is -0.444 e. The predicted molar refractivity (Wildman–Crippen MR) is 140 cm³/mol. The quantitative estimate of drug-likeness (QED) is 0.297. The Morgan fingerprint density at radius 1 is 1.06 bits per heavy atom. The normalized spacial score (nSPS) is 15.2. The molecule has 1 aromatic carbocycles. The maximum absolute atomic E-state index is 12.6. The molecule has 1 unspecified atom stereocenters. The van der Waals surface area contributed by atoms with Gasteiger partial charge in [-0.25, -0.2) is 4.79 Å². The van der Waals surface area contributed by atoms with E-state index in [1.807, 2.05) is 30.3 Å².